The molecule has 4 N–H and O–H groups in total. The van der Waals surface area contributed by atoms with Crippen LogP contribution in [0, 0.1) is 0 Å². The van der Waals surface area contributed by atoms with Crippen LogP contribution in [0.5, 0.6) is 0 Å². The van der Waals surface area contributed by atoms with Crippen LogP contribution in [-0.2, 0) is 0 Å². The predicted octanol–water partition coefficient (Wildman–Crippen LogP) is -1.26. The number of nitrogens with zero attached hydrogens (tertiary/aromatic N) is 2. The maximum atomic E-state index is 7.08. The molecule has 0 aliphatic heterocycles. The summed E-state index contributed by atoms with van der Waals surface area (Å²) >= 11 is 0. The van der Waals surface area contributed by atoms with Crippen molar-refractivity contribution in [3.63, 3.8) is 0 Å². The second kappa shape index (κ2) is 194. The van der Waals surface area contributed by atoms with Gasteiger partial charge in [-0.3, -0.25) is 11.7 Å². The summed E-state index contributed by atoms with van der Waals surface area (Å²) in [5.74, 6) is 8.00. The minimum Gasteiger partial charge on any atom is -0.362 e. The highest BCUT2D eigenvalue weighted by Crippen LogP contribution is 0.902. The molecule has 0 heterocycles. The highest BCUT2D eigenvalue weighted by molar-refractivity contribution is 5.12. The molecule has 0 fully saturated rings. The first kappa shape index (κ1) is 8.85. The normalized spacial score (nSPS) is 2.80. The molecule has 0 bridgehead atoms. The van der Waals surface area contributed by atoms with Gasteiger partial charge < -0.3 is 5.53 Å². The van der Waals surface area contributed by atoms with E-state index in [2.05, 4.69) is 23.2 Å². The molecule has 0 atom stereocenters. The highest BCUT2D eigenvalue weighted by Gasteiger charge is 0.932. The maximum absolute atomic E-state index is 7.08. The van der Waals surface area contributed by atoms with Crippen molar-refractivity contribution in [1.82, 2.24) is 0 Å². The van der Waals surface area contributed by atoms with E-state index in [1.54, 1.807) is 0 Å². The van der Waals surface area contributed by atoms with Crippen molar-refractivity contribution in [3.05, 3.63) is 5.53 Å². The van der Waals surface area contributed by atoms with Gasteiger partial charge in [0.2, 0.25) is 6.72 Å². The Labute approximate surface area is 30.0 Å². The van der Waals surface area contributed by atoms with Gasteiger partial charge in [-0.15, -0.1) is 0 Å². The molecular weight excluding hydrogens is 68.0 g/mol. The van der Waals surface area contributed by atoms with Crippen LogP contribution >= 0.6 is 0 Å². The van der Waals surface area contributed by atoms with Crippen LogP contribution in [0.25, 0.3) is 5.53 Å². The van der Waals surface area contributed by atoms with Crippen LogP contribution in [0.2, 0.25) is 0 Å². The van der Waals surface area contributed by atoms with E-state index in [1.165, 1.54) is 0 Å². The van der Waals surface area contributed by atoms with Gasteiger partial charge >= 0.3 is 0 Å². The van der Waals surface area contributed by atoms with Gasteiger partial charge in [-0.05, 0) is 0 Å². The van der Waals surface area contributed by atoms with Gasteiger partial charge in [0.25, 0.3) is 0 Å². The highest BCUT2D eigenvalue weighted by atomic mass is 15.0. The summed E-state index contributed by atoms with van der Waals surface area (Å²) in [6, 6.07) is 0. The van der Waals surface area contributed by atoms with Gasteiger partial charge in [-0.25, -0.2) is 0 Å². The van der Waals surface area contributed by atoms with Gasteiger partial charge in [0.1, 0.15) is 0 Å². The summed E-state index contributed by atoms with van der Waals surface area (Å²) in [7, 11) is 0. The second-order valence-electron chi connectivity index (χ2n) is 0.141. The number of hydrogen-bond donors (Lipinski definition) is 2. The lowest BCUT2D eigenvalue weighted by Crippen LogP contribution is -2.02. The molecule has 4 nitrogen and oxygen atoms in total. The molecule has 0 amide bonds. The van der Waals surface area contributed by atoms with Crippen molar-refractivity contribution in [2.45, 2.75) is 0 Å². The molecule has 0 saturated heterocycles. The van der Waals surface area contributed by atoms with Crippen LogP contribution in [-0.4, -0.2) is 11.5 Å². The SMILES string of the molecule is C=[N+]=[N-].NN. The number of hydrogen-bond acceptors (Lipinski definition) is 2. The fourth-order valence-corrected chi connectivity index (χ4v) is 0. The zero-order valence-electron chi connectivity index (χ0n) is 2.76. The molecule has 0 radical (unpaired) electrons. The molecule has 0 aliphatic rings. The molecule has 30 valence electrons. The Hall–Kier alpha value is -0.700. The molecule has 0 aromatic heterocycles. The van der Waals surface area contributed by atoms with Crippen molar-refractivity contribution in [2.24, 2.45) is 11.7 Å². The zero-order chi connectivity index (χ0) is 4.71. The van der Waals surface area contributed by atoms with Crippen molar-refractivity contribution in [2.75, 3.05) is 0 Å². The molecule has 0 aliphatic carbocycles. The fraction of sp³-hybridized carbons (Fsp3) is 0. The van der Waals surface area contributed by atoms with E-state index >= 15 is 0 Å². The third-order valence-corrected chi connectivity index (χ3v) is 0. The molecule has 0 rings (SSSR count). The van der Waals surface area contributed by atoms with Crippen molar-refractivity contribution in [1.29, 1.82) is 0 Å². The summed E-state index contributed by atoms with van der Waals surface area (Å²) < 4.78 is 0. The lowest BCUT2D eigenvalue weighted by atomic mass is 11.8. The Balaban J connectivity index is 0. The lowest BCUT2D eigenvalue weighted by molar-refractivity contribution is 0.0110. The van der Waals surface area contributed by atoms with Gasteiger partial charge in [-0.1, -0.05) is 0 Å². The van der Waals surface area contributed by atoms with E-state index in [-0.39, 0.29) is 0 Å². The van der Waals surface area contributed by atoms with Crippen LogP contribution in [0.15, 0.2) is 0 Å². The maximum Gasteiger partial charge on any atom is 0.245 e. The first-order valence-corrected chi connectivity index (χ1v) is 0.850. The van der Waals surface area contributed by atoms with Gasteiger partial charge in [0.15, 0.2) is 0 Å². The molecule has 5 heavy (non-hydrogen) atoms. The topological polar surface area (TPSA) is 88.4 Å². The molecule has 0 spiro atoms. The summed E-state index contributed by atoms with van der Waals surface area (Å²) in [6.45, 7) is 2.67. The Morgan fingerprint density at radius 2 is 1.60 bits per heavy atom. The van der Waals surface area contributed by atoms with E-state index in [0.29, 0.717) is 0 Å². The Morgan fingerprint density at radius 3 is 1.60 bits per heavy atom. The molecular formula is CH6N4. The van der Waals surface area contributed by atoms with Crippen LogP contribution in [0.4, 0.5) is 0 Å². The average molecular weight is 74.1 g/mol. The lowest BCUT2D eigenvalue weighted by Gasteiger charge is -1.27. The second-order valence-corrected chi connectivity index (χ2v) is 0.141. The largest absolute Gasteiger partial charge is 0.362 e. The molecule has 4 heteroatoms. The first-order chi connectivity index (χ1) is 2.41. The fourth-order valence-electron chi connectivity index (χ4n) is 0. The van der Waals surface area contributed by atoms with E-state index in [0.717, 1.165) is 0 Å². The van der Waals surface area contributed by atoms with Crippen LogP contribution in [0.3, 0.4) is 0 Å². The monoisotopic (exact) mass is 74.1 g/mol. The Kier molecular flexibility index (Phi) is 343. The Morgan fingerprint density at radius 1 is 1.60 bits per heavy atom. The average Bonchev–Trinajstić information content (AvgIpc) is 1.46. The van der Waals surface area contributed by atoms with Gasteiger partial charge in [0, 0.05) is 0 Å². The summed E-state index contributed by atoms with van der Waals surface area (Å²) in [5, 5.41) is 0. The van der Waals surface area contributed by atoms with E-state index in [1.807, 2.05) is 0 Å². The number of nitrogens with two attached hydrogens (primary N) is 2. The minimum absolute atomic E-state index is 2.25. The Bertz CT molecular complexity index is 24.6. The van der Waals surface area contributed by atoms with Crippen LogP contribution < -0.4 is 11.7 Å². The van der Waals surface area contributed by atoms with Gasteiger partial charge in [-0.2, -0.15) is 4.79 Å². The predicted molar refractivity (Wildman–Crippen MR) is 19.1 cm³/mol. The molecule has 0 aromatic rings. The minimum atomic E-state index is 2.25. The molecule has 0 aromatic carbocycles. The van der Waals surface area contributed by atoms with Gasteiger partial charge in [0.05, 0.1) is 0 Å². The number of rotatable bonds is 0. The zero-order valence-corrected chi connectivity index (χ0v) is 2.76. The third kappa shape index (κ3) is 11.4. The number of hydrazine groups is 1. The smallest absolute Gasteiger partial charge is 0.245 e. The first-order valence-electron chi connectivity index (χ1n) is 0.850. The summed E-state index contributed by atoms with van der Waals surface area (Å²) in [6.07, 6.45) is 0. The van der Waals surface area contributed by atoms with E-state index in [9.17, 15) is 0 Å². The van der Waals surface area contributed by atoms with Crippen LogP contribution in [0.1, 0.15) is 0 Å². The molecule has 0 unspecified atom stereocenters. The standard InChI is InChI=1S/CH2N2.H4N2/c1-3-2;1-2/h1H2;1-2H2. The third-order valence-electron chi connectivity index (χ3n) is 0. The van der Waals surface area contributed by atoms with E-state index in [4.69, 9.17) is 5.53 Å². The summed E-state index contributed by atoms with van der Waals surface area (Å²) in [4.78, 5) is 2.25. The quantitative estimate of drug-likeness (QED) is 0.123. The van der Waals surface area contributed by atoms with E-state index < -0.39 is 0 Å². The summed E-state index contributed by atoms with van der Waals surface area (Å²) in [5.41, 5.74) is 7.08. The van der Waals surface area contributed by atoms with Crippen molar-refractivity contribution >= 4 is 6.72 Å². The van der Waals surface area contributed by atoms with Crippen molar-refractivity contribution in [3.8, 4) is 0 Å². The molecule has 0 saturated carbocycles. The van der Waals surface area contributed by atoms with Crippen molar-refractivity contribution < 1.29 is 4.79 Å².